The fourth-order valence-corrected chi connectivity index (χ4v) is 2.45. The van der Waals surface area contributed by atoms with E-state index in [9.17, 15) is 5.26 Å². The molecule has 6 heteroatoms. The summed E-state index contributed by atoms with van der Waals surface area (Å²) in [7, 11) is 0. The molecule has 0 bridgehead atoms. The third-order valence-corrected chi connectivity index (χ3v) is 3.65. The molecular weight excluding hydrogens is 294 g/mol. The van der Waals surface area contributed by atoms with Crippen LogP contribution in [0.25, 0.3) is 5.65 Å². The van der Waals surface area contributed by atoms with Crippen molar-refractivity contribution < 1.29 is 0 Å². The number of thiocarbonyl (C=S) groups is 1. The minimum atomic E-state index is 0.488. The standard InChI is InChI=1S/C16H13N5S/c1-11-14(7-17)16(18-8-12-5-3-2-4-6-12)21-15(20-11)13(10-22)9-19-21/h2-6,9-10,18H,8H2,1H3. The molecule has 2 heterocycles. The summed E-state index contributed by atoms with van der Waals surface area (Å²) in [4.78, 5) is 4.43. The molecule has 1 N–H and O–H groups in total. The fraction of sp³-hybridized carbons (Fsp3) is 0.125. The lowest BCUT2D eigenvalue weighted by atomic mass is 10.2. The van der Waals surface area contributed by atoms with Crippen LogP contribution in [0.4, 0.5) is 5.82 Å². The van der Waals surface area contributed by atoms with Crippen LogP contribution in [0.5, 0.6) is 0 Å². The van der Waals surface area contributed by atoms with Gasteiger partial charge >= 0.3 is 0 Å². The monoisotopic (exact) mass is 307 g/mol. The van der Waals surface area contributed by atoms with Crippen molar-refractivity contribution >= 4 is 29.1 Å². The lowest BCUT2D eigenvalue weighted by molar-refractivity contribution is 0.911. The van der Waals surface area contributed by atoms with Crippen molar-refractivity contribution in [3.63, 3.8) is 0 Å². The first-order valence-corrected chi connectivity index (χ1v) is 7.23. The average molecular weight is 307 g/mol. The number of nitrogens with zero attached hydrogens (tertiary/aromatic N) is 4. The molecule has 0 aliphatic heterocycles. The van der Waals surface area contributed by atoms with Gasteiger partial charge in [-0.05, 0) is 12.5 Å². The highest BCUT2D eigenvalue weighted by molar-refractivity contribution is 7.79. The van der Waals surface area contributed by atoms with Gasteiger partial charge in [-0.1, -0.05) is 42.5 Å². The highest BCUT2D eigenvalue weighted by atomic mass is 32.1. The quantitative estimate of drug-likeness (QED) is 0.751. The largest absolute Gasteiger partial charge is 0.365 e. The second-order valence-corrected chi connectivity index (χ2v) is 5.06. The average Bonchev–Trinajstić information content (AvgIpc) is 2.95. The molecule has 0 atom stereocenters. The zero-order chi connectivity index (χ0) is 15.5. The summed E-state index contributed by atoms with van der Waals surface area (Å²) in [6.07, 6.45) is 1.66. The van der Waals surface area contributed by atoms with Gasteiger partial charge in [0.15, 0.2) is 5.65 Å². The molecule has 0 spiro atoms. The van der Waals surface area contributed by atoms with Crippen LogP contribution in [0.15, 0.2) is 36.5 Å². The van der Waals surface area contributed by atoms with E-state index in [2.05, 4.69) is 21.5 Å². The van der Waals surface area contributed by atoms with Crippen LogP contribution in [-0.2, 0) is 6.54 Å². The molecular formula is C16H13N5S. The van der Waals surface area contributed by atoms with Crippen LogP contribution in [0.2, 0.25) is 0 Å². The predicted octanol–water partition coefficient (Wildman–Crippen LogP) is 2.87. The minimum absolute atomic E-state index is 0.488. The van der Waals surface area contributed by atoms with Gasteiger partial charge in [-0.15, -0.1) is 0 Å². The van der Waals surface area contributed by atoms with Gasteiger partial charge in [-0.2, -0.15) is 14.9 Å². The molecule has 0 aliphatic carbocycles. The van der Waals surface area contributed by atoms with Gasteiger partial charge in [0.2, 0.25) is 0 Å². The maximum absolute atomic E-state index is 9.42. The topological polar surface area (TPSA) is 66.0 Å². The van der Waals surface area contributed by atoms with Crippen LogP contribution in [0.1, 0.15) is 22.4 Å². The maximum atomic E-state index is 9.42. The Bertz CT molecular complexity index is 877. The number of rotatable bonds is 4. The van der Waals surface area contributed by atoms with Crippen molar-refractivity contribution in [2.45, 2.75) is 13.5 Å². The minimum Gasteiger partial charge on any atom is -0.365 e. The number of aromatic nitrogens is 3. The SMILES string of the molecule is Cc1nc2c(C=S)cnn2c(NCc2ccccc2)c1C#N. The zero-order valence-corrected chi connectivity index (χ0v) is 12.8. The number of nitriles is 1. The third-order valence-electron chi connectivity index (χ3n) is 3.40. The molecule has 0 saturated heterocycles. The lowest BCUT2D eigenvalue weighted by Gasteiger charge is -2.12. The Labute approximate surface area is 133 Å². The normalized spacial score (nSPS) is 10.4. The Morgan fingerprint density at radius 3 is 2.82 bits per heavy atom. The summed E-state index contributed by atoms with van der Waals surface area (Å²) in [6.45, 7) is 2.41. The van der Waals surface area contributed by atoms with E-state index in [-0.39, 0.29) is 0 Å². The van der Waals surface area contributed by atoms with Gasteiger partial charge in [0, 0.05) is 11.9 Å². The zero-order valence-electron chi connectivity index (χ0n) is 11.9. The number of fused-ring (bicyclic) bond motifs is 1. The van der Waals surface area contributed by atoms with Crippen molar-refractivity contribution in [3.8, 4) is 6.07 Å². The van der Waals surface area contributed by atoms with E-state index in [1.165, 1.54) is 0 Å². The number of nitrogens with one attached hydrogen (secondary N) is 1. The van der Waals surface area contributed by atoms with Crippen molar-refractivity contribution in [3.05, 3.63) is 58.9 Å². The van der Waals surface area contributed by atoms with E-state index in [0.29, 0.717) is 29.3 Å². The summed E-state index contributed by atoms with van der Waals surface area (Å²) in [5.41, 5.74) is 3.69. The molecule has 0 unspecified atom stereocenters. The van der Waals surface area contributed by atoms with Crippen molar-refractivity contribution in [2.75, 3.05) is 5.32 Å². The van der Waals surface area contributed by atoms with E-state index < -0.39 is 0 Å². The molecule has 1 aromatic carbocycles. The Morgan fingerprint density at radius 2 is 2.14 bits per heavy atom. The van der Waals surface area contributed by atoms with Gasteiger partial charge in [0.1, 0.15) is 17.5 Å². The summed E-state index contributed by atoms with van der Waals surface area (Å²) < 4.78 is 1.63. The number of hydrogen-bond acceptors (Lipinski definition) is 5. The second kappa shape index (κ2) is 5.92. The first-order chi connectivity index (χ1) is 10.7. The molecule has 3 aromatic rings. The Hall–Kier alpha value is -2.78. The fourth-order valence-electron chi connectivity index (χ4n) is 2.28. The van der Waals surface area contributed by atoms with Crippen LogP contribution in [0, 0.1) is 18.3 Å². The molecule has 2 aromatic heterocycles. The summed E-state index contributed by atoms with van der Waals surface area (Å²) in [5.74, 6) is 0.636. The summed E-state index contributed by atoms with van der Waals surface area (Å²) in [6, 6.07) is 12.2. The molecule has 0 aliphatic rings. The van der Waals surface area contributed by atoms with E-state index in [0.717, 1.165) is 11.1 Å². The number of aryl methyl sites for hydroxylation is 1. The molecule has 0 saturated carbocycles. The highest BCUT2D eigenvalue weighted by Gasteiger charge is 2.15. The highest BCUT2D eigenvalue weighted by Crippen LogP contribution is 2.21. The molecule has 22 heavy (non-hydrogen) atoms. The summed E-state index contributed by atoms with van der Waals surface area (Å²) >= 11 is 4.98. The molecule has 0 fully saturated rings. The molecule has 108 valence electrons. The van der Waals surface area contributed by atoms with Crippen LogP contribution in [0.3, 0.4) is 0 Å². The predicted molar refractivity (Wildman–Crippen MR) is 89.0 cm³/mol. The first kappa shape index (κ1) is 14.2. The van der Waals surface area contributed by atoms with Gasteiger partial charge in [0.05, 0.1) is 17.5 Å². The number of benzene rings is 1. The first-order valence-electron chi connectivity index (χ1n) is 6.76. The van der Waals surface area contributed by atoms with Crippen molar-refractivity contribution in [1.29, 1.82) is 5.26 Å². The van der Waals surface area contributed by atoms with E-state index in [1.54, 1.807) is 16.1 Å². The van der Waals surface area contributed by atoms with Crippen LogP contribution in [-0.4, -0.2) is 20.0 Å². The molecule has 0 amide bonds. The Morgan fingerprint density at radius 1 is 1.36 bits per heavy atom. The van der Waals surface area contributed by atoms with E-state index in [4.69, 9.17) is 12.2 Å². The Balaban J connectivity index is 2.08. The van der Waals surface area contributed by atoms with E-state index >= 15 is 0 Å². The molecule has 5 nitrogen and oxygen atoms in total. The van der Waals surface area contributed by atoms with E-state index in [1.807, 2.05) is 37.3 Å². The summed E-state index contributed by atoms with van der Waals surface area (Å²) in [5, 5.41) is 18.5. The Kier molecular flexibility index (Phi) is 3.81. The van der Waals surface area contributed by atoms with Crippen LogP contribution >= 0.6 is 12.2 Å². The number of hydrogen-bond donors (Lipinski definition) is 1. The maximum Gasteiger partial charge on any atom is 0.165 e. The van der Waals surface area contributed by atoms with Crippen LogP contribution < -0.4 is 5.32 Å². The van der Waals surface area contributed by atoms with Gasteiger partial charge in [-0.25, -0.2) is 4.98 Å². The van der Waals surface area contributed by atoms with Gasteiger partial charge < -0.3 is 5.32 Å². The smallest absolute Gasteiger partial charge is 0.165 e. The molecule has 3 rings (SSSR count). The lowest BCUT2D eigenvalue weighted by Crippen LogP contribution is -2.10. The van der Waals surface area contributed by atoms with Gasteiger partial charge in [-0.3, -0.25) is 0 Å². The molecule has 0 radical (unpaired) electrons. The van der Waals surface area contributed by atoms with Gasteiger partial charge in [0.25, 0.3) is 0 Å². The van der Waals surface area contributed by atoms with Crippen molar-refractivity contribution in [1.82, 2.24) is 14.6 Å². The van der Waals surface area contributed by atoms with Crippen molar-refractivity contribution in [2.24, 2.45) is 0 Å². The third kappa shape index (κ3) is 2.43. The second-order valence-electron chi connectivity index (χ2n) is 4.82. The number of anilines is 1.